The molecule has 2 aliphatic heterocycles. The molecule has 2 unspecified atom stereocenters. The van der Waals surface area contributed by atoms with Gasteiger partial charge in [-0.25, -0.2) is 9.18 Å². The van der Waals surface area contributed by atoms with Crippen LogP contribution in [0.4, 0.5) is 9.18 Å². The number of hydrogen-bond donors (Lipinski definition) is 1. The van der Waals surface area contributed by atoms with Crippen LogP contribution < -0.4 is 0 Å². The minimum absolute atomic E-state index is 0.0140. The van der Waals surface area contributed by atoms with Crippen LogP contribution in [0.1, 0.15) is 51.6 Å². The maximum absolute atomic E-state index is 14.7. The van der Waals surface area contributed by atoms with Crippen molar-refractivity contribution >= 4 is 11.9 Å². The van der Waals surface area contributed by atoms with E-state index in [0.717, 1.165) is 31.5 Å². The molecule has 7 nitrogen and oxygen atoms in total. The average molecular weight is 488 g/mol. The van der Waals surface area contributed by atoms with Crippen molar-refractivity contribution in [1.82, 2.24) is 14.7 Å². The van der Waals surface area contributed by atoms with Crippen LogP contribution in [0.2, 0.25) is 0 Å². The van der Waals surface area contributed by atoms with E-state index in [-0.39, 0.29) is 23.6 Å². The highest BCUT2D eigenvalue weighted by atomic mass is 19.1. The highest BCUT2D eigenvalue weighted by Gasteiger charge is 2.41. The molecule has 2 atom stereocenters. The fraction of sp³-hybridized carbons (Fsp3) is 0.630. The first-order chi connectivity index (χ1) is 16.6. The van der Waals surface area contributed by atoms with Crippen LogP contribution in [-0.4, -0.2) is 89.2 Å². The van der Waals surface area contributed by atoms with Crippen LogP contribution in [0.15, 0.2) is 35.9 Å². The number of piperidine rings is 1. The summed E-state index contributed by atoms with van der Waals surface area (Å²) in [6.07, 6.45) is 3.46. The molecule has 0 spiro atoms. The number of nitrogens with zero attached hydrogens (tertiary/aromatic N) is 3. The van der Waals surface area contributed by atoms with E-state index in [0.29, 0.717) is 44.7 Å². The van der Waals surface area contributed by atoms with Crippen molar-refractivity contribution in [2.75, 3.05) is 45.8 Å². The molecule has 0 bridgehead atoms. The number of ether oxygens (including phenoxy) is 1. The summed E-state index contributed by atoms with van der Waals surface area (Å²) in [4.78, 5) is 31.5. The number of aliphatic hydroxyl groups excluding tert-OH is 1. The van der Waals surface area contributed by atoms with Crippen LogP contribution in [-0.2, 0) is 9.53 Å². The van der Waals surface area contributed by atoms with Gasteiger partial charge in [-0.05, 0) is 51.7 Å². The minimum Gasteiger partial charge on any atom is -0.444 e. The Bertz CT molecular complexity index is 948. The van der Waals surface area contributed by atoms with Crippen molar-refractivity contribution in [3.63, 3.8) is 0 Å². The lowest BCUT2D eigenvalue weighted by Crippen LogP contribution is -2.50. The van der Waals surface area contributed by atoms with Gasteiger partial charge in [0.2, 0.25) is 0 Å². The van der Waals surface area contributed by atoms with E-state index >= 15 is 0 Å². The number of carbonyl (C=O) groups excluding carboxylic acids is 2. The second-order valence-electron chi connectivity index (χ2n) is 10.9. The second-order valence-corrected chi connectivity index (χ2v) is 10.9. The van der Waals surface area contributed by atoms with Gasteiger partial charge in [0, 0.05) is 57.3 Å². The first kappa shape index (κ1) is 25.8. The third-order valence-corrected chi connectivity index (χ3v) is 6.95. The summed E-state index contributed by atoms with van der Waals surface area (Å²) in [7, 11) is 0. The van der Waals surface area contributed by atoms with E-state index in [1.54, 1.807) is 23.1 Å². The Morgan fingerprint density at radius 1 is 1.11 bits per heavy atom. The Labute approximate surface area is 207 Å². The number of Topliss-reactive ketones (excluding diaryl/α,β-unsaturated/α-hetero) is 1. The number of likely N-dealkylation sites (tertiary alicyclic amines) is 1. The zero-order chi connectivity index (χ0) is 25.2. The topological polar surface area (TPSA) is 73.3 Å². The quantitative estimate of drug-likeness (QED) is 0.620. The number of halogens is 1. The van der Waals surface area contributed by atoms with Crippen molar-refractivity contribution in [2.24, 2.45) is 5.92 Å². The summed E-state index contributed by atoms with van der Waals surface area (Å²) in [5, 5.41) is 10.7. The molecule has 0 radical (unpaired) electrons. The zero-order valence-corrected chi connectivity index (χ0v) is 21.1. The first-order valence-corrected chi connectivity index (χ1v) is 12.7. The van der Waals surface area contributed by atoms with Gasteiger partial charge in [0.15, 0.2) is 5.78 Å². The van der Waals surface area contributed by atoms with Gasteiger partial charge in [0.1, 0.15) is 11.4 Å². The number of amides is 1. The largest absolute Gasteiger partial charge is 0.444 e. The SMILES string of the molecule is CC(C)(C)OC(=O)N1CCN(C/C=C2/CN(C(C(=O)C3CC3)c3ccccc3F)CCC2O)CC1. The molecule has 1 aliphatic carbocycles. The molecule has 1 saturated carbocycles. The molecule has 4 rings (SSSR count). The average Bonchev–Trinajstić information content (AvgIpc) is 3.65. The molecule has 1 N–H and O–H groups in total. The fourth-order valence-electron chi connectivity index (χ4n) is 4.82. The van der Waals surface area contributed by atoms with Crippen molar-refractivity contribution in [3.8, 4) is 0 Å². The van der Waals surface area contributed by atoms with Gasteiger partial charge in [0.05, 0.1) is 12.1 Å². The number of benzene rings is 1. The van der Waals surface area contributed by atoms with Crippen molar-refractivity contribution < 1.29 is 23.8 Å². The molecule has 1 amide bonds. The lowest BCUT2D eigenvalue weighted by molar-refractivity contribution is -0.126. The first-order valence-electron chi connectivity index (χ1n) is 12.7. The number of aliphatic hydroxyl groups is 1. The summed E-state index contributed by atoms with van der Waals surface area (Å²) in [5.41, 5.74) is 0.789. The zero-order valence-electron chi connectivity index (χ0n) is 21.1. The van der Waals surface area contributed by atoms with Crippen LogP contribution in [0.3, 0.4) is 0 Å². The van der Waals surface area contributed by atoms with Crippen LogP contribution in [0.25, 0.3) is 0 Å². The number of rotatable bonds is 6. The summed E-state index contributed by atoms with van der Waals surface area (Å²) >= 11 is 0. The van der Waals surface area contributed by atoms with Gasteiger partial charge in [0.25, 0.3) is 0 Å². The second kappa shape index (κ2) is 10.8. The number of ketones is 1. The summed E-state index contributed by atoms with van der Waals surface area (Å²) < 4.78 is 20.2. The Hall–Kier alpha value is -2.29. The van der Waals surface area contributed by atoms with Gasteiger partial charge < -0.3 is 14.7 Å². The lowest BCUT2D eigenvalue weighted by atomic mass is 9.92. The number of hydrogen-bond acceptors (Lipinski definition) is 6. The molecular weight excluding hydrogens is 449 g/mol. The van der Waals surface area contributed by atoms with E-state index in [1.165, 1.54) is 6.07 Å². The standard InChI is InChI=1S/C27H38FN3O4/c1-27(2,3)35-26(34)30-16-14-29(15-17-30)12-10-20-18-31(13-11-23(20)32)24(25(33)19-8-9-19)21-6-4-5-7-22(21)28/h4-7,10,19,23-24,32H,8-9,11-18H2,1-3H3/b20-10-. The van der Waals surface area contributed by atoms with E-state index < -0.39 is 17.7 Å². The summed E-state index contributed by atoms with van der Waals surface area (Å²) in [5.74, 6) is -0.254. The smallest absolute Gasteiger partial charge is 0.410 e. The highest BCUT2D eigenvalue weighted by molar-refractivity contribution is 5.89. The molecule has 192 valence electrons. The molecule has 0 aromatic heterocycles. The molecule has 2 heterocycles. The minimum atomic E-state index is -0.614. The monoisotopic (exact) mass is 487 g/mol. The van der Waals surface area contributed by atoms with E-state index in [4.69, 9.17) is 4.74 Å². The molecule has 1 aromatic rings. The van der Waals surface area contributed by atoms with Crippen LogP contribution in [0, 0.1) is 11.7 Å². The van der Waals surface area contributed by atoms with E-state index in [1.807, 2.05) is 31.7 Å². The highest BCUT2D eigenvalue weighted by Crippen LogP contribution is 2.39. The summed E-state index contributed by atoms with van der Waals surface area (Å²) in [6.45, 7) is 9.87. The van der Waals surface area contributed by atoms with Gasteiger partial charge in [-0.3, -0.25) is 14.6 Å². The predicted octanol–water partition coefficient (Wildman–Crippen LogP) is 3.39. The normalized spacial score (nSPS) is 24.4. The fourth-order valence-corrected chi connectivity index (χ4v) is 4.82. The molecule has 2 saturated heterocycles. The predicted molar refractivity (Wildman–Crippen MR) is 131 cm³/mol. The van der Waals surface area contributed by atoms with Gasteiger partial charge in [-0.1, -0.05) is 24.3 Å². The molecular formula is C27H38FN3O4. The van der Waals surface area contributed by atoms with Crippen molar-refractivity contribution in [3.05, 3.63) is 47.3 Å². The molecule has 1 aromatic carbocycles. The maximum atomic E-state index is 14.7. The van der Waals surface area contributed by atoms with Crippen molar-refractivity contribution in [2.45, 2.75) is 57.8 Å². The molecule has 3 fully saturated rings. The Kier molecular flexibility index (Phi) is 7.93. The Morgan fingerprint density at radius 3 is 2.43 bits per heavy atom. The van der Waals surface area contributed by atoms with E-state index in [2.05, 4.69) is 4.90 Å². The molecule has 8 heteroatoms. The molecule has 35 heavy (non-hydrogen) atoms. The number of piperazine rings is 1. The van der Waals surface area contributed by atoms with Gasteiger partial charge >= 0.3 is 6.09 Å². The van der Waals surface area contributed by atoms with Gasteiger partial charge in [-0.2, -0.15) is 0 Å². The molecule has 3 aliphatic rings. The van der Waals surface area contributed by atoms with Gasteiger partial charge in [-0.15, -0.1) is 0 Å². The Morgan fingerprint density at radius 2 is 1.80 bits per heavy atom. The Balaban J connectivity index is 1.39. The lowest BCUT2D eigenvalue weighted by Gasteiger charge is -2.38. The van der Waals surface area contributed by atoms with Crippen molar-refractivity contribution in [1.29, 1.82) is 0 Å². The third-order valence-electron chi connectivity index (χ3n) is 6.95. The summed E-state index contributed by atoms with van der Waals surface area (Å²) in [6, 6.07) is 5.93. The van der Waals surface area contributed by atoms with E-state index in [9.17, 15) is 19.1 Å². The van der Waals surface area contributed by atoms with Crippen LogP contribution in [0.5, 0.6) is 0 Å². The number of carbonyl (C=O) groups is 2. The maximum Gasteiger partial charge on any atom is 0.410 e. The van der Waals surface area contributed by atoms with Crippen LogP contribution >= 0.6 is 0 Å². The third kappa shape index (κ3) is 6.68.